The number of halogens is 1. The fourth-order valence-electron chi connectivity index (χ4n) is 1.05. The molecule has 0 aromatic carbocycles. The summed E-state index contributed by atoms with van der Waals surface area (Å²) in [4.78, 5) is 2.29. The highest BCUT2D eigenvalue weighted by molar-refractivity contribution is 6.19. The first-order valence-electron chi connectivity index (χ1n) is 4.41. The quantitative estimate of drug-likeness (QED) is 0.475. The second-order valence-electron chi connectivity index (χ2n) is 3.78. The first-order valence-corrected chi connectivity index (χ1v) is 4.95. The van der Waals surface area contributed by atoms with Crippen LogP contribution in [0, 0.1) is 5.92 Å². The van der Waals surface area contributed by atoms with Crippen LogP contribution in [0.25, 0.3) is 0 Å². The van der Waals surface area contributed by atoms with Crippen molar-refractivity contribution in [1.29, 1.82) is 0 Å². The largest absolute Gasteiger partial charge is 0.299 e. The number of alkyl halides is 1. The molecule has 1 nitrogen and oxygen atoms in total. The highest BCUT2D eigenvalue weighted by Crippen LogP contribution is 2.09. The Morgan fingerprint density at radius 2 is 1.92 bits per heavy atom. The van der Waals surface area contributed by atoms with Crippen LogP contribution in [0.3, 0.4) is 0 Å². The minimum Gasteiger partial charge on any atom is -0.299 e. The van der Waals surface area contributed by atoms with E-state index in [9.17, 15) is 0 Å². The lowest BCUT2D eigenvalue weighted by atomic mass is 10.1. The molecule has 0 aliphatic carbocycles. The molecule has 0 aliphatic rings. The third kappa shape index (κ3) is 4.13. The maximum atomic E-state index is 5.65. The van der Waals surface area contributed by atoms with Gasteiger partial charge in [0.05, 0.1) is 0 Å². The van der Waals surface area contributed by atoms with Gasteiger partial charge in [-0.1, -0.05) is 20.4 Å². The van der Waals surface area contributed by atoms with Gasteiger partial charge in [0, 0.05) is 18.5 Å². The van der Waals surface area contributed by atoms with Crippen LogP contribution in [0.15, 0.2) is 12.2 Å². The molecule has 0 saturated heterocycles. The maximum Gasteiger partial charge on any atom is 0.0443 e. The Morgan fingerprint density at radius 1 is 1.42 bits per heavy atom. The molecule has 0 amide bonds. The lowest BCUT2D eigenvalue weighted by Crippen LogP contribution is -2.34. The van der Waals surface area contributed by atoms with Crippen molar-refractivity contribution in [3.63, 3.8) is 0 Å². The SMILES string of the molecule is C=C(CCl)CN(C)C(C)C(C)C. The average molecular weight is 190 g/mol. The van der Waals surface area contributed by atoms with E-state index in [1.165, 1.54) is 0 Å². The van der Waals surface area contributed by atoms with Gasteiger partial charge in [0.1, 0.15) is 0 Å². The third-order valence-corrected chi connectivity index (χ3v) is 2.70. The normalized spacial score (nSPS) is 13.9. The molecule has 0 fully saturated rings. The van der Waals surface area contributed by atoms with E-state index in [2.05, 4.69) is 39.3 Å². The minimum atomic E-state index is 0.565. The Kier molecular flexibility index (Phi) is 5.60. The molecular weight excluding hydrogens is 170 g/mol. The Hall–Kier alpha value is -0.0100. The molecule has 0 spiro atoms. The predicted octanol–water partition coefficient (Wildman–Crippen LogP) is 2.76. The van der Waals surface area contributed by atoms with Crippen molar-refractivity contribution in [2.24, 2.45) is 5.92 Å². The Morgan fingerprint density at radius 3 is 2.25 bits per heavy atom. The van der Waals surface area contributed by atoms with Crippen LogP contribution in [0.1, 0.15) is 20.8 Å². The number of nitrogens with zero attached hydrogens (tertiary/aromatic N) is 1. The van der Waals surface area contributed by atoms with Crippen molar-refractivity contribution in [3.8, 4) is 0 Å². The minimum absolute atomic E-state index is 0.565. The molecular formula is C10H20ClN. The van der Waals surface area contributed by atoms with E-state index >= 15 is 0 Å². The molecule has 1 atom stereocenters. The van der Waals surface area contributed by atoms with Gasteiger partial charge >= 0.3 is 0 Å². The van der Waals surface area contributed by atoms with E-state index in [0.717, 1.165) is 12.1 Å². The summed E-state index contributed by atoms with van der Waals surface area (Å²) in [7, 11) is 2.11. The van der Waals surface area contributed by atoms with Gasteiger partial charge in [-0.2, -0.15) is 0 Å². The van der Waals surface area contributed by atoms with E-state index < -0.39 is 0 Å². The summed E-state index contributed by atoms with van der Waals surface area (Å²) in [5.74, 6) is 1.24. The van der Waals surface area contributed by atoms with Crippen molar-refractivity contribution < 1.29 is 0 Å². The van der Waals surface area contributed by atoms with Crippen molar-refractivity contribution in [1.82, 2.24) is 4.90 Å². The van der Waals surface area contributed by atoms with Crippen LogP contribution >= 0.6 is 11.6 Å². The molecule has 0 saturated carbocycles. The standard InChI is InChI=1S/C10H20ClN/c1-8(2)10(4)12(5)7-9(3)6-11/h8,10H,3,6-7H2,1-2,4-5H3. The molecule has 0 aliphatic heterocycles. The van der Waals surface area contributed by atoms with Gasteiger partial charge in [-0.05, 0) is 25.5 Å². The maximum absolute atomic E-state index is 5.65. The van der Waals surface area contributed by atoms with Crippen molar-refractivity contribution in [2.75, 3.05) is 19.5 Å². The van der Waals surface area contributed by atoms with Crippen molar-refractivity contribution in [2.45, 2.75) is 26.8 Å². The molecule has 2 heteroatoms. The second-order valence-corrected chi connectivity index (χ2v) is 4.05. The van der Waals surface area contributed by atoms with Crippen LogP contribution in [0.5, 0.6) is 0 Å². The fourth-order valence-corrected chi connectivity index (χ4v) is 1.13. The smallest absolute Gasteiger partial charge is 0.0443 e. The van der Waals surface area contributed by atoms with E-state index in [0.29, 0.717) is 17.8 Å². The number of rotatable bonds is 5. The van der Waals surface area contributed by atoms with Gasteiger partial charge in [-0.15, -0.1) is 11.6 Å². The molecule has 0 aromatic heterocycles. The van der Waals surface area contributed by atoms with Crippen molar-refractivity contribution in [3.05, 3.63) is 12.2 Å². The van der Waals surface area contributed by atoms with Crippen molar-refractivity contribution >= 4 is 11.6 Å². The van der Waals surface area contributed by atoms with E-state index in [1.54, 1.807) is 0 Å². The monoisotopic (exact) mass is 189 g/mol. The first kappa shape index (κ1) is 12.0. The Balaban J connectivity index is 3.86. The molecule has 72 valence electrons. The summed E-state index contributed by atoms with van der Waals surface area (Å²) in [5.41, 5.74) is 1.09. The van der Waals surface area contributed by atoms with Gasteiger partial charge in [0.15, 0.2) is 0 Å². The van der Waals surface area contributed by atoms with Gasteiger partial charge < -0.3 is 0 Å². The number of hydrogen-bond acceptors (Lipinski definition) is 1. The Labute approximate surface area is 81.4 Å². The third-order valence-electron chi connectivity index (χ3n) is 2.32. The lowest BCUT2D eigenvalue weighted by molar-refractivity contribution is 0.224. The van der Waals surface area contributed by atoms with Crippen LogP contribution < -0.4 is 0 Å². The van der Waals surface area contributed by atoms with E-state index in [4.69, 9.17) is 11.6 Å². The molecule has 12 heavy (non-hydrogen) atoms. The zero-order valence-corrected chi connectivity index (χ0v) is 9.36. The predicted molar refractivity (Wildman–Crippen MR) is 56.8 cm³/mol. The molecule has 0 aromatic rings. The molecule has 1 unspecified atom stereocenters. The highest BCUT2D eigenvalue weighted by atomic mass is 35.5. The van der Waals surface area contributed by atoms with Gasteiger partial charge in [-0.25, -0.2) is 0 Å². The average Bonchev–Trinajstić information content (AvgIpc) is 2.02. The molecule has 0 radical (unpaired) electrons. The van der Waals surface area contributed by atoms with Gasteiger partial charge in [-0.3, -0.25) is 4.90 Å². The summed E-state index contributed by atoms with van der Waals surface area (Å²) >= 11 is 5.65. The highest BCUT2D eigenvalue weighted by Gasteiger charge is 2.12. The van der Waals surface area contributed by atoms with Gasteiger partial charge in [0.2, 0.25) is 0 Å². The number of likely N-dealkylation sites (N-methyl/N-ethyl adjacent to an activating group) is 1. The summed E-state index contributed by atoms with van der Waals surface area (Å²) in [6.45, 7) is 11.5. The molecule has 0 N–H and O–H groups in total. The zero-order valence-electron chi connectivity index (χ0n) is 8.60. The zero-order chi connectivity index (χ0) is 9.72. The lowest BCUT2D eigenvalue weighted by Gasteiger charge is -2.28. The summed E-state index contributed by atoms with van der Waals surface area (Å²) < 4.78 is 0. The summed E-state index contributed by atoms with van der Waals surface area (Å²) in [6.07, 6.45) is 0. The second kappa shape index (κ2) is 5.60. The first-order chi connectivity index (χ1) is 5.49. The molecule has 0 rings (SSSR count). The Bertz CT molecular complexity index is 143. The van der Waals surface area contributed by atoms with E-state index in [-0.39, 0.29) is 0 Å². The van der Waals surface area contributed by atoms with Gasteiger partial charge in [0.25, 0.3) is 0 Å². The number of hydrogen-bond donors (Lipinski definition) is 0. The van der Waals surface area contributed by atoms with Crippen LogP contribution in [0.2, 0.25) is 0 Å². The molecule has 0 heterocycles. The van der Waals surface area contributed by atoms with E-state index in [1.807, 2.05) is 0 Å². The van der Waals surface area contributed by atoms with Crippen LogP contribution in [0.4, 0.5) is 0 Å². The summed E-state index contributed by atoms with van der Waals surface area (Å²) in [6, 6.07) is 0.588. The fraction of sp³-hybridized carbons (Fsp3) is 0.800. The summed E-state index contributed by atoms with van der Waals surface area (Å²) in [5, 5.41) is 0. The molecule has 0 bridgehead atoms. The van der Waals surface area contributed by atoms with Crippen LogP contribution in [-0.2, 0) is 0 Å². The topological polar surface area (TPSA) is 3.24 Å². The van der Waals surface area contributed by atoms with Crippen LogP contribution in [-0.4, -0.2) is 30.4 Å².